The molecule has 0 saturated heterocycles. The third-order valence-corrected chi connectivity index (χ3v) is 3.56. The lowest BCUT2D eigenvalue weighted by Gasteiger charge is -2.17. The van der Waals surface area contributed by atoms with Gasteiger partial charge in [0, 0.05) is 25.9 Å². The molecule has 0 bridgehead atoms. The average molecular weight is 313 g/mol. The number of carbonyl (C=O) groups excluding carboxylic acids is 3. The molecule has 2 rings (SSSR count). The summed E-state index contributed by atoms with van der Waals surface area (Å²) in [5.74, 6) is -0.853. The molecule has 0 radical (unpaired) electrons. The molecule has 2 N–H and O–H groups in total. The highest BCUT2D eigenvalue weighted by Crippen LogP contribution is 2.15. The minimum absolute atomic E-state index is 0.120. The third-order valence-electron chi connectivity index (χ3n) is 3.56. The zero-order valence-electron chi connectivity index (χ0n) is 13.3. The van der Waals surface area contributed by atoms with Crippen LogP contribution in [0.1, 0.15) is 39.4 Å². The minimum Gasteiger partial charge on any atom is -0.357 e. The van der Waals surface area contributed by atoms with Crippen molar-refractivity contribution in [1.82, 2.24) is 15.2 Å². The molecule has 0 spiro atoms. The lowest BCUT2D eigenvalue weighted by molar-refractivity contribution is -0.122. The van der Waals surface area contributed by atoms with E-state index >= 15 is 0 Å². The second kappa shape index (κ2) is 6.91. The second-order valence-electron chi connectivity index (χ2n) is 5.21. The molecule has 0 aliphatic heterocycles. The van der Waals surface area contributed by atoms with Gasteiger partial charge >= 0.3 is 0 Å². The number of Topliss-reactive ketones (excluding diaryl/α,β-unsaturated/α-hetero) is 1. The maximum absolute atomic E-state index is 12.5. The van der Waals surface area contributed by atoms with Gasteiger partial charge in [-0.05, 0) is 18.6 Å². The Morgan fingerprint density at radius 1 is 1.13 bits per heavy atom. The van der Waals surface area contributed by atoms with Crippen LogP contribution in [0.3, 0.4) is 0 Å². The number of aryl methyl sites for hydroxylation is 1. The summed E-state index contributed by atoms with van der Waals surface area (Å²) in [6.07, 6.45) is 1.59. The van der Waals surface area contributed by atoms with Gasteiger partial charge in [0.1, 0.15) is 11.7 Å². The van der Waals surface area contributed by atoms with E-state index in [1.807, 2.05) is 6.07 Å². The number of aromatic nitrogens is 1. The van der Waals surface area contributed by atoms with Crippen LogP contribution in [0, 0.1) is 0 Å². The number of benzene rings is 1. The minimum atomic E-state index is -0.802. The van der Waals surface area contributed by atoms with Crippen molar-refractivity contribution in [3.63, 3.8) is 0 Å². The first kappa shape index (κ1) is 16.5. The molecule has 6 nitrogen and oxygen atoms in total. The molecule has 0 saturated carbocycles. The summed E-state index contributed by atoms with van der Waals surface area (Å²) in [5.41, 5.74) is 1.45. The average Bonchev–Trinajstić information content (AvgIpc) is 2.95. The van der Waals surface area contributed by atoms with E-state index in [9.17, 15) is 14.4 Å². The Morgan fingerprint density at radius 3 is 2.30 bits per heavy atom. The summed E-state index contributed by atoms with van der Waals surface area (Å²) >= 11 is 0. The van der Waals surface area contributed by atoms with Crippen LogP contribution < -0.4 is 10.6 Å². The molecule has 2 amide bonds. The fourth-order valence-electron chi connectivity index (χ4n) is 2.28. The summed E-state index contributed by atoms with van der Waals surface area (Å²) < 4.78 is 1.57. The van der Waals surface area contributed by atoms with Crippen molar-refractivity contribution in [3.8, 4) is 0 Å². The van der Waals surface area contributed by atoms with Crippen molar-refractivity contribution in [3.05, 3.63) is 59.4 Å². The highest BCUT2D eigenvalue weighted by molar-refractivity contribution is 6.00. The van der Waals surface area contributed by atoms with Crippen LogP contribution in [0.15, 0.2) is 42.6 Å². The zero-order chi connectivity index (χ0) is 17.0. The van der Waals surface area contributed by atoms with E-state index in [4.69, 9.17) is 0 Å². The smallest absolute Gasteiger partial charge is 0.268 e. The molecule has 120 valence electrons. The first-order valence-corrected chi connectivity index (χ1v) is 7.18. The van der Waals surface area contributed by atoms with Crippen molar-refractivity contribution >= 4 is 17.6 Å². The molecule has 0 fully saturated rings. The van der Waals surface area contributed by atoms with Crippen molar-refractivity contribution in [2.75, 3.05) is 7.05 Å². The standard InChI is InChI=1S/C17H19N3O3/c1-11(21)13-9-14(20(3)10-13)16(22)19-15(17(23)18-2)12-7-5-4-6-8-12/h4-10,15H,1-3H3,(H,18,23)(H,19,22)/t15-/m0/s1. The number of hydrogen-bond acceptors (Lipinski definition) is 3. The molecule has 0 aliphatic rings. The molecule has 6 heteroatoms. The van der Waals surface area contributed by atoms with Gasteiger partial charge in [-0.3, -0.25) is 14.4 Å². The fourth-order valence-corrected chi connectivity index (χ4v) is 2.28. The summed E-state index contributed by atoms with van der Waals surface area (Å²) in [4.78, 5) is 36.0. The van der Waals surface area contributed by atoms with Crippen LogP contribution in [-0.4, -0.2) is 29.2 Å². The Hall–Kier alpha value is -2.89. The first-order valence-electron chi connectivity index (χ1n) is 7.18. The second-order valence-corrected chi connectivity index (χ2v) is 5.21. The molecule has 23 heavy (non-hydrogen) atoms. The zero-order valence-corrected chi connectivity index (χ0v) is 13.3. The highest BCUT2D eigenvalue weighted by Gasteiger charge is 2.23. The van der Waals surface area contributed by atoms with Crippen molar-refractivity contribution in [1.29, 1.82) is 0 Å². The molecule has 1 aromatic carbocycles. The molecular weight excluding hydrogens is 294 g/mol. The Bertz CT molecular complexity index is 735. The van der Waals surface area contributed by atoms with Crippen molar-refractivity contribution < 1.29 is 14.4 Å². The molecule has 0 unspecified atom stereocenters. The molecular formula is C17H19N3O3. The van der Waals surface area contributed by atoms with Crippen LogP contribution in [0.25, 0.3) is 0 Å². The largest absolute Gasteiger partial charge is 0.357 e. The van der Waals surface area contributed by atoms with E-state index in [2.05, 4.69) is 10.6 Å². The van der Waals surface area contributed by atoms with Crippen LogP contribution in [0.2, 0.25) is 0 Å². The van der Waals surface area contributed by atoms with E-state index in [1.54, 1.807) is 42.1 Å². The quantitative estimate of drug-likeness (QED) is 0.820. The Labute approximate surface area is 134 Å². The van der Waals surface area contributed by atoms with Gasteiger partial charge in [0.25, 0.3) is 5.91 Å². The van der Waals surface area contributed by atoms with E-state index < -0.39 is 11.9 Å². The van der Waals surface area contributed by atoms with Crippen LogP contribution >= 0.6 is 0 Å². The summed E-state index contributed by atoms with van der Waals surface area (Å²) in [6.45, 7) is 1.44. The predicted octanol–water partition coefficient (Wildman–Crippen LogP) is 1.44. The normalized spacial score (nSPS) is 11.6. The van der Waals surface area contributed by atoms with E-state index in [0.29, 0.717) is 16.8 Å². The third kappa shape index (κ3) is 3.66. The number of nitrogens with one attached hydrogen (secondary N) is 2. The van der Waals surface area contributed by atoms with Gasteiger partial charge in [-0.25, -0.2) is 0 Å². The molecule has 0 aliphatic carbocycles. The summed E-state index contributed by atoms with van der Waals surface area (Å²) in [7, 11) is 3.19. The molecule has 1 atom stereocenters. The first-order chi connectivity index (χ1) is 10.9. The Kier molecular flexibility index (Phi) is 4.95. The van der Waals surface area contributed by atoms with Gasteiger partial charge < -0.3 is 15.2 Å². The van der Waals surface area contributed by atoms with Gasteiger partial charge in [0.05, 0.1) is 0 Å². The van der Waals surface area contributed by atoms with Crippen molar-refractivity contribution in [2.45, 2.75) is 13.0 Å². The van der Waals surface area contributed by atoms with E-state index in [0.717, 1.165) is 0 Å². The predicted molar refractivity (Wildman–Crippen MR) is 86.1 cm³/mol. The molecule has 2 aromatic rings. The molecule has 1 aromatic heterocycles. The number of amides is 2. The molecule has 1 heterocycles. The number of rotatable bonds is 5. The number of hydrogen-bond donors (Lipinski definition) is 2. The van der Waals surface area contributed by atoms with Crippen LogP contribution in [-0.2, 0) is 11.8 Å². The fraction of sp³-hybridized carbons (Fsp3) is 0.235. The van der Waals surface area contributed by atoms with E-state index in [1.165, 1.54) is 20.0 Å². The lowest BCUT2D eigenvalue weighted by Crippen LogP contribution is -2.39. The van der Waals surface area contributed by atoms with Crippen LogP contribution in [0.4, 0.5) is 0 Å². The SMILES string of the molecule is CNC(=O)[C@@H](NC(=O)c1cc(C(C)=O)cn1C)c1ccccc1. The van der Waals surface area contributed by atoms with Gasteiger partial charge in [-0.2, -0.15) is 0 Å². The number of ketones is 1. The van der Waals surface area contributed by atoms with Crippen LogP contribution in [0.5, 0.6) is 0 Å². The Morgan fingerprint density at radius 2 is 1.78 bits per heavy atom. The lowest BCUT2D eigenvalue weighted by atomic mass is 10.1. The number of carbonyl (C=O) groups is 3. The van der Waals surface area contributed by atoms with Gasteiger partial charge in [0.2, 0.25) is 5.91 Å². The summed E-state index contributed by atoms with van der Waals surface area (Å²) in [6, 6.07) is 9.69. The highest BCUT2D eigenvalue weighted by atomic mass is 16.2. The maximum Gasteiger partial charge on any atom is 0.268 e. The number of nitrogens with zero attached hydrogens (tertiary/aromatic N) is 1. The number of likely N-dealkylation sites (N-methyl/N-ethyl adjacent to an activating group) is 1. The van der Waals surface area contributed by atoms with Crippen molar-refractivity contribution in [2.24, 2.45) is 7.05 Å². The van der Waals surface area contributed by atoms with E-state index in [-0.39, 0.29) is 11.7 Å². The van der Waals surface area contributed by atoms with Gasteiger partial charge in [-0.15, -0.1) is 0 Å². The Balaban J connectivity index is 2.28. The van der Waals surface area contributed by atoms with Gasteiger partial charge in [0.15, 0.2) is 5.78 Å². The topological polar surface area (TPSA) is 80.2 Å². The summed E-state index contributed by atoms with van der Waals surface area (Å²) in [5, 5.41) is 5.25. The monoisotopic (exact) mass is 313 g/mol. The van der Waals surface area contributed by atoms with Gasteiger partial charge in [-0.1, -0.05) is 30.3 Å². The maximum atomic E-state index is 12.5.